The number of tetrazole rings is 1. The first-order valence-electron chi connectivity index (χ1n) is 3.80. The molecule has 0 unspecified atom stereocenters. The van der Waals surface area contributed by atoms with Gasteiger partial charge in [-0.15, -0.1) is 10.2 Å². The van der Waals surface area contributed by atoms with Gasteiger partial charge in [0.1, 0.15) is 21.4 Å². The summed E-state index contributed by atoms with van der Waals surface area (Å²) in [6, 6.07) is 2.98. The van der Waals surface area contributed by atoms with Crippen LogP contribution in [-0.4, -0.2) is 41.4 Å². The number of hydrogen-bond acceptors (Lipinski definition) is 4. The highest BCUT2D eigenvalue weighted by Gasteiger charge is 2.10. The normalized spacial score (nSPS) is 10.3. The molecule has 0 aliphatic carbocycles. The summed E-state index contributed by atoms with van der Waals surface area (Å²) in [5.74, 6) is 0.155. The molecule has 0 spiro atoms. The van der Waals surface area contributed by atoms with Crippen LogP contribution in [0.2, 0.25) is 0 Å². The third-order valence-corrected chi connectivity index (χ3v) is 1.75. The Hall–Kier alpha value is -1.78. The van der Waals surface area contributed by atoms with E-state index in [1.807, 2.05) is 0 Å². The second-order valence-corrected chi connectivity index (χ2v) is 2.74. The summed E-state index contributed by atoms with van der Waals surface area (Å²) < 4.78 is 0. The molecule has 0 aliphatic heterocycles. The van der Waals surface area contributed by atoms with Crippen LogP contribution < -0.4 is 10.9 Å². The second-order valence-electron chi connectivity index (χ2n) is 2.74. The minimum atomic E-state index is -0.0967. The molecule has 0 fully saturated rings. The highest BCUT2D eigenvalue weighted by Crippen LogP contribution is 2.21. The third kappa shape index (κ3) is 1.37. The Kier molecular flexibility index (Phi) is 1.99. The minimum absolute atomic E-state index is 0.0967. The van der Waals surface area contributed by atoms with Crippen molar-refractivity contribution in [1.29, 1.82) is 0 Å². The largest absolute Gasteiger partial charge is 0.508 e. The monoisotopic (exact) mass is 182 g/mol. The maximum Gasteiger partial charge on any atom is 0.208 e. The molecule has 14 heavy (non-hydrogen) atoms. The molecule has 2 aromatic rings. The van der Waals surface area contributed by atoms with E-state index in [1.54, 1.807) is 0 Å². The molecule has 7 heteroatoms. The van der Waals surface area contributed by atoms with Crippen LogP contribution in [-0.2, 0) is 0 Å². The van der Waals surface area contributed by atoms with E-state index in [0.717, 1.165) is 0 Å². The van der Waals surface area contributed by atoms with Crippen LogP contribution in [0.1, 0.15) is 0 Å². The number of nitrogens with zero attached hydrogens (tertiary/aromatic N) is 3. The van der Waals surface area contributed by atoms with Crippen LogP contribution >= 0.6 is 0 Å². The zero-order valence-corrected chi connectivity index (χ0v) is 7.10. The van der Waals surface area contributed by atoms with Crippen LogP contribution in [0.4, 0.5) is 0 Å². The maximum absolute atomic E-state index is 9.59. The Bertz CT molecular complexity index is 457. The van der Waals surface area contributed by atoms with Crippen LogP contribution in [0.25, 0.3) is 11.4 Å². The molecule has 2 rings (SSSR count). The van der Waals surface area contributed by atoms with Crippen molar-refractivity contribution in [2.24, 2.45) is 0 Å². The summed E-state index contributed by atoms with van der Waals surface area (Å²) in [5.41, 5.74) is 0.973. The van der Waals surface area contributed by atoms with Gasteiger partial charge in [-0.2, -0.15) is 5.21 Å². The lowest BCUT2D eigenvalue weighted by Gasteiger charge is -2.05. The van der Waals surface area contributed by atoms with E-state index in [0.29, 0.717) is 11.0 Å². The van der Waals surface area contributed by atoms with Gasteiger partial charge in [0.05, 0.1) is 5.56 Å². The number of phenols is 1. The number of aromatic hydroxyl groups is 1. The lowest BCUT2D eigenvalue weighted by molar-refractivity contribution is 0.481. The van der Waals surface area contributed by atoms with E-state index < -0.39 is 0 Å². The molecule has 0 aliphatic rings. The summed E-state index contributed by atoms with van der Waals surface area (Å²) in [5, 5.41) is 22.7. The molecule has 0 saturated heterocycles. The highest BCUT2D eigenvalue weighted by atomic mass is 16.3. The first-order chi connectivity index (χ1) is 6.68. The van der Waals surface area contributed by atoms with Gasteiger partial charge in [-0.1, -0.05) is 23.1 Å². The van der Waals surface area contributed by atoms with Crippen molar-refractivity contribution in [2.45, 2.75) is 0 Å². The van der Waals surface area contributed by atoms with E-state index in [1.165, 1.54) is 12.1 Å². The Morgan fingerprint density at radius 2 is 2.07 bits per heavy atom. The predicted octanol–water partition coefficient (Wildman–Crippen LogP) is -1.84. The van der Waals surface area contributed by atoms with Crippen molar-refractivity contribution in [2.75, 3.05) is 0 Å². The summed E-state index contributed by atoms with van der Waals surface area (Å²) in [6.45, 7) is 0. The van der Waals surface area contributed by atoms with Crippen molar-refractivity contribution in [3.05, 3.63) is 12.1 Å². The number of benzene rings is 1. The van der Waals surface area contributed by atoms with Crippen molar-refractivity contribution >= 4 is 26.6 Å². The molecular weight excluding hydrogens is 178 g/mol. The summed E-state index contributed by atoms with van der Waals surface area (Å²) in [4.78, 5) is 0. The molecule has 2 N–H and O–H groups in total. The van der Waals surface area contributed by atoms with Gasteiger partial charge in [0.15, 0.2) is 0 Å². The van der Waals surface area contributed by atoms with Gasteiger partial charge in [-0.25, -0.2) is 0 Å². The summed E-state index contributed by atoms with van der Waals surface area (Å²) >= 11 is 0. The van der Waals surface area contributed by atoms with E-state index in [2.05, 4.69) is 20.6 Å². The fraction of sp³-hybridized carbons (Fsp3) is 0. The first-order valence-corrected chi connectivity index (χ1v) is 3.80. The molecule has 4 radical (unpaired) electrons. The minimum Gasteiger partial charge on any atom is -0.508 e. The molecule has 1 aromatic carbocycles. The van der Waals surface area contributed by atoms with Crippen molar-refractivity contribution < 1.29 is 5.11 Å². The van der Waals surface area contributed by atoms with Gasteiger partial charge < -0.3 is 5.11 Å². The topological polar surface area (TPSA) is 74.7 Å². The molecule has 0 saturated carbocycles. The molecule has 64 valence electrons. The number of nitrogens with one attached hydrogen (secondary N) is 1. The fourth-order valence-corrected chi connectivity index (χ4v) is 1.13. The van der Waals surface area contributed by atoms with Crippen molar-refractivity contribution in [3.8, 4) is 17.1 Å². The molecule has 0 amide bonds. The van der Waals surface area contributed by atoms with Gasteiger partial charge in [-0.3, -0.25) is 0 Å². The number of phenolic OH excluding ortho intramolecular Hbond substituents is 1. The molecule has 1 heterocycles. The van der Waals surface area contributed by atoms with Crippen LogP contribution in [0.15, 0.2) is 12.1 Å². The fourth-order valence-electron chi connectivity index (χ4n) is 1.13. The zero-order valence-electron chi connectivity index (χ0n) is 7.10. The SMILES string of the molecule is [B]c1cc([B])c(O)c(-c2nn[nH]n2)c1. The number of aromatic amines is 1. The predicted molar refractivity (Wildman–Crippen MR) is 52.1 cm³/mol. The van der Waals surface area contributed by atoms with Crippen molar-refractivity contribution in [1.82, 2.24) is 20.6 Å². The number of rotatable bonds is 1. The Labute approximate surface area is 82.4 Å². The lowest BCUT2D eigenvalue weighted by Crippen LogP contribution is -2.14. The summed E-state index contributed by atoms with van der Waals surface area (Å²) in [7, 11) is 11.1. The van der Waals surface area contributed by atoms with Gasteiger partial charge in [0, 0.05) is 0 Å². The van der Waals surface area contributed by atoms with Gasteiger partial charge in [0.2, 0.25) is 5.82 Å². The number of H-pyrrole nitrogens is 1. The van der Waals surface area contributed by atoms with E-state index in [4.69, 9.17) is 15.7 Å². The first kappa shape index (κ1) is 8.80. The number of aromatic nitrogens is 4. The van der Waals surface area contributed by atoms with Gasteiger partial charge in [-0.05, 0) is 5.21 Å². The van der Waals surface area contributed by atoms with E-state index >= 15 is 0 Å². The second kappa shape index (κ2) is 3.17. The van der Waals surface area contributed by atoms with E-state index in [-0.39, 0.29) is 17.0 Å². The van der Waals surface area contributed by atoms with Crippen molar-refractivity contribution in [3.63, 3.8) is 0 Å². The average molecular weight is 182 g/mol. The Morgan fingerprint density at radius 1 is 1.29 bits per heavy atom. The quantitative estimate of drug-likeness (QED) is 0.508. The zero-order chi connectivity index (χ0) is 10.1. The van der Waals surface area contributed by atoms with Crippen LogP contribution in [0.5, 0.6) is 5.75 Å². The lowest BCUT2D eigenvalue weighted by atomic mass is 9.84. The standard InChI is InChI=1S/C7H4B2N4O/c8-3-1-4(6(14)5(9)2-3)7-10-12-13-11-7/h1-2,14H,(H,10,11,12,13). The Morgan fingerprint density at radius 3 is 2.71 bits per heavy atom. The van der Waals surface area contributed by atoms with E-state index in [9.17, 15) is 5.11 Å². The molecule has 0 bridgehead atoms. The molecule has 1 aromatic heterocycles. The maximum atomic E-state index is 9.59. The third-order valence-electron chi connectivity index (χ3n) is 1.75. The molecular formula is C7H4B2N4O. The van der Waals surface area contributed by atoms with Crippen LogP contribution in [0, 0.1) is 0 Å². The summed E-state index contributed by atoms with van der Waals surface area (Å²) in [6.07, 6.45) is 0. The van der Waals surface area contributed by atoms with Crippen LogP contribution in [0.3, 0.4) is 0 Å². The number of hydrogen-bond donors (Lipinski definition) is 2. The van der Waals surface area contributed by atoms with Gasteiger partial charge >= 0.3 is 0 Å². The average Bonchev–Trinajstić information content (AvgIpc) is 2.63. The highest BCUT2D eigenvalue weighted by molar-refractivity contribution is 6.39. The van der Waals surface area contributed by atoms with Gasteiger partial charge in [0.25, 0.3) is 0 Å². The molecule has 0 atom stereocenters. The molecule has 5 nitrogen and oxygen atoms in total. The smallest absolute Gasteiger partial charge is 0.208 e. The Balaban J connectivity index is 2.64.